The lowest BCUT2D eigenvalue weighted by atomic mass is 10.1. The highest BCUT2D eigenvalue weighted by atomic mass is 16.6. The van der Waals surface area contributed by atoms with E-state index in [-0.39, 0.29) is 28.6 Å². The van der Waals surface area contributed by atoms with Crippen LogP contribution in [0.2, 0.25) is 0 Å². The smallest absolute Gasteiger partial charge is 0.363 e. The lowest BCUT2D eigenvalue weighted by Crippen LogP contribution is -2.06. The van der Waals surface area contributed by atoms with E-state index in [1.165, 1.54) is 45.6 Å². The molecule has 0 spiro atoms. The number of hydrogen-bond acceptors (Lipinski definition) is 8. The Morgan fingerprint density at radius 2 is 1.82 bits per heavy atom. The van der Waals surface area contributed by atoms with E-state index in [9.17, 15) is 14.9 Å². The third-order valence-electron chi connectivity index (χ3n) is 3.97. The zero-order valence-corrected chi connectivity index (χ0v) is 15.3. The average molecular weight is 384 g/mol. The van der Waals surface area contributed by atoms with Crippen molar-refractivity contribution in [3.63, 3.8) is 0 Å². The van der Waals surface area contributed by atoms with Crippen molar-refractivity contribution >= 4 is 23.6 Å². The maximum Gasteiger partial charge on any atom is 0.363 e. The minimum Gasteiger partial charge on any atom is -0.493 e. The van der Waals surface area contributed by atoms with Gasteiger partial charge in [-0.15, -0.1) is 0 Å². The fraction of sp³-hybridized carbons (Fsp3) is 0.158. The van der Waals surface area contributed by atoms with E-state index in [0.717, 1.165) is 0 Å². The molecular formula is C19H16N2O7. The Balaban J connectivity index is 2.02. The molecule has 0 unspecified atom stereocenters. The maximum atomic E-state index is 12.2. The topological polar surface area (TPSA) is 109 Å². The van der Waals surface area contributed by atoms with Gasteiger partial charge in [0.2, 0.25) is 5.90 Å². The van der Waals surface area contributed by atoms with E-state index in [1.807, 2.05) is 0 Å². The largest absolute Gasteiger partial charge is 0.493 e. The van der Waals surface area contributed by atoms with Crippen LogP contribution in [-0.4, -0.2) is 38.1 Å². The highest BCUT2D eigenvalue weighted by molar-refractivity contribution is 6.13. The standard InChI is InChI=1S/C19H16N2O7/c1-25-15-8-7-12(10-14(15)21(23)24)18-20-13(19(22)28-18)9-11-5-4-6-16(26-2)17(11)27-3/h4-10H,1-3H3. The molecule has 0 fully saturated rings. The molecule has 0 amide bonds. The van der Waals surface area contributed by atoms with E-state index >= 15 is 0 Å². The van der Waals surface area contributed by atoms with Crippen LogP contribution in [0.5, 0.6) is 17.2 Å². The molecule has 0 saturated heterocycles. The Kier molecular flexibility index (Phi) is 5.25. The number of aliphatic imine (C=N–C) groups is 1. The van der Waals surface area contributed by atoms with Gasteiger partial charge in [0.15, 0.2) is 22.9 Å². The number of nitrogens with zero attached hydrogens (tertiary/aromatic N) is 2. The molecule has 2 aromatic carbocycles. The van der Waals surface area contributed by atoms with Crippen molar-refractivity contribution in [1.82, 2.24) is 0 Å². The minimum atomic E-state index is -0.682. The number of cyclic esters (lactones) is 1. The Bertz CT molecular complexity index is 1010. The number of hydrogen-bond donors (Lipinski definition) is 0. The second-order valence-corrected chi connectivity index (χ2v) is 5.56. The van der Waals surface area contributed by atoms with Crippen molar-refractivity contribution in [3.8, 4) is 17.2 Å². The van der Waals surface area contributed by atoms with Crippen molar-refractivity contribution in [2.24, 2.45) is 4.99 Å². The van der Waals surface area contributed by atoms with Crippen LogP contribution in [-0.2, 0) is 9.53 Å². The lowest BCUT2D eigenvalue weighted by molar-refractivity contribution is -0.385. The number of nitro groups is 1. The molecule has 0 saturated carbocycles. The number of benzene rings is 2. The van der Waals surface area contributed by atoms with Gasteiger partial charge in [0.1, 0.15) is 0 Å². The fourth-order valence-electron chi connectivity index (χ4n) is 2.67. The first-order valence-corrected chi connectivity index (χ1v) is 8.04. The molecule has 9 heteroatoms. The SMILES string of the molecule is COc1ccc(C2=NC(=Cc3cccc(OC)c3OC)C(=O)O2)cc1[N+](=O)[O-]. The van der Waals surface area contributed by atoms with Crippen LogP contribution >= 0.6 is 0 Å². The van der Waals surface area contributed by atoms with Crippen LogP contribution in [0, 0.1) is 10.1 Å². The Labute approximate surface area is 160 Å². The summed E-state index contributed by atoms with van der Waals surface area (Å²) in [7, 11) is 4.32. The summed E-state index contributed by atoms with van der Waals surface area (Å²) < 4.78 is 20.7. The van der Waals surface area contributed by atoms with E-state index in [4.69, 9.17) is 18.9 Å². The summed E-state index contributed by atoms with van der Waals surface area (Å²) in [4.78, 5) is 27.0. The van der Waals surface area contributed by atoms with Gasteiger partial charge in [0, 0.05) is 17.2 Å². The Morgan fingerprint density at radius 3 is 2.46 bits per heavy atom. The molecule has 144 valence electrons. The molecule has 0 aliphatic carbocycles. The number of nitro benzene ring substituents is 1. The van der Waals surface area contributed by atoms with Crippen molar-refractivity contribution in [2.45, 2.75) is 0 Å². The van der Waals surface area contributed by atoms with Crippen molar-refractivity contribution in [3.05, 3.63) is 63.3 Å². The van der Waals surface area contributed by atoms with Crippen LogP contribution in [0.3, 0.4) is 0 Å². The molecule has 0 N–H and O–H groups in total. The molecule has 0 radical (unpaired) electrons. The Morgan fingerprint density at radius 1 is 1.07 bits per heavy atom. The first kappa shape index (κ1) is 18.9. The van der Waals surface area contributed by atoms with Crippen LogP contribution in [0.15, 0.2) is 47.1 Å². The third kappa shape index (κ3) is 3.50. The lowest BCUT2D eigenvalue weighted by Gasteiger charge is -2.09. The number of methoxy groups -OCH3 is 3. The van der Waals surface area contributed by atoms with Crippen LogP contribution in [0.4, 0.5) is 5.69 Å². The molecule has 0 atom stereocenters. The van der Waals surface area contributed by atoms with Crippen LogP contribution in [0.1, 0.15) is 11.1 Å². The maximum absolute atomic E-state index is 12.2. The van der Waals surface area contributed by atoms with Gasteiger partial charge in [-0.3, -0.25) is 10.1 Å². The summed E-state index contributed by atoms with van der Waals surface area (Å²) in [5.41, 5.74) is 0.618. The van der Waals surface area contributed by atoms with Gasteiger partial charge in [0.25, 0.3) is 0 Å². The molecule has 3 rings (SSSR count). The zero-order valence-electron chi connectivity index (χ0n) is 15.3. The summed E-state index contributed by atoms with van der Waals surface area (Å²) in [5, 5.41) is 11.2. The van der Waals surface area contributed by atoms with E-state index in [0.29, 0.717) is 17.1 Å². The van der Waals surface area contributed by atoms with Crippen molar-refractivity contribution in [2.75, 3.05) is 21.3 Å². The average Bonchev–Trinajstić information content (AvgIpc) is 3.07. The number of carbonyl (C=O) groups is 1. The molecule has 1 aliphatic rings. The van der Waals surface area contributed by atoms with Crippen LogP contribution in [0.25, 0.3) is 6.08 Å². The monoisotopic (exact) mass is 384 g/mol. The van der Waals surface area contributed by atoms with Gasteiger partial charge >= 0.3 is 11.7 Å². The number of esters is 1. The van der Waals surface area contributed by atoms with Crippen LogP contribution < -0.4 is 14.2 Å². The molecule has 28 heavy (non-hydrogen) atoms. The first-order chi connectivity index (χ1) is 13.5. The zero-order chi connectivity index (χ0) is 20.3. The molecular weight excluding hydrogens is 368 g/mol. The van der Waals surface area contributed by atoms with Crippen molar-refractivity contribution < 1.29 is 28.7 Å². The van der Waals surface area contributed by atoms with Gasteiger partial charge in [-0.25, -0.2) is 9.79 Å². The number of para-hydroxylation sites is 1. The molecule has 9 nitrogen and oxygen atoms in total. The second kappa shape index (κ2) is 7.78. The predicted molar refractivity (Wildman–Crippen MR) is 99.8 cm³/mol. The fourth-order valence-corrected chi connectivity index (χ4v) is 2.67. The van der Waals surface area contributed by atoms with E-state index in [1.54, 1.807) is 18.2 Å². The highest BCUT2D eigenvalue weighted by Crippen LogP contribution is 2.34. The second-order valence-electron chi connectivity index (χ2n) is 5.56. The van der Waals surface area contributed by atoms with Gasteiger partial charge in [-0.1, -0.05) is 12.1 Å². The number of ether oxygens (including phenoxy) is 4. The minimum absolute atomic E-state index is 0.0278. The molecule has 0 aromatic heterocycles. The first-order valence-electron chi connectivity index (χ1n) is 8.04. The summed E-state index contributed by atoms with van der Waals surface area (Å²) in [5.74, 6) is 0.310. The highest BCUT2D eigenvalue weighted by Gasteiger charge is 2.27. The third-order valence-corrected chi connectivity index (χ3v) is 3.97. The summed E-state index contributed by atoms with van der Waals surface area (Å²) in [6.07, 6.45) is 1.49. The molecule has 1 heterocycles. The summed E-state index contributed by atoms with van der Waals surface area (Å²) in [6.45, 7) is 0. The number of rotatable bonds is 6. The normalized spacial score (nSPS) is 14.5. The Hall–Kier alpha value is -3.88. The quantitative estimate of drug-likeness (QED) is 0.326. The van der Waals surface area contributed by atoms with Gasteiger partial charge in [-0.2, -0.15) is 0 Å². The van der Waals surface area contributed by atoms with E-state index < -0.39 is 10.9 Å². The van der Waals surface area contributed by atoms with E-state index in [2.05, 4.69) is 4.99 Å². The predicted octanol–water partition coefficient (Wildman–Crippen LogP) is 2.97. The van der Waals surface area contributed by atoms with Gasteiger partial charge < -0.3 is 18.9 Å². The van der Waals surface area contributed by atoms with Gasteiger partial charge in [-0.05, 0) is 24.3 Å². The number of carbonyl (C=O) groups excluding carboxylic acids is 1. The summed E-state index contributed by atoms with van der Waals surface area (Å²) >= 11 is 0. The van der Waals surface area contributed by atoms with Gasteiger partial charge in [0.05, 0.1) is 26.3 Å². The molecule has 0 bridgehead atoms. The molecule has 1 aliphatic heterocycles. The van der Waals surface area contributed by atoms with Crippen molar-refractivity contribution in [1.29, 1.82) is 0 Å². The summed E-state index contributed by atoms with van der Waals surface area (Å²) in [6, 6.07) is 9.36. The molecule has 2 aromatic rings.